The second kappa shape index (κ2) is 13.6. The molecule has 58 heavy (non-hydrogen) atoms. The predicted octanol–water partition coefficient (Wildman–Crippen LogP) is 14.5. The number of benzene rings is 8. The Hall–Kier alpha value is -7.01. The van der Waals surface area contributed by atoms with Gasteiger partial charge in [0, 0.05) is 42.3 Å². The summed E-state index contributed by atoms with van der Waals surface area (Å²) in [4.78, 5) is 15.9. The van der Waals surface area contributed by atoms with Crippen molar-refractivity contribution in [2.45, 2.75) is 19.3 Å². The van der Waals surface area contributed by atoms with Gasteiger partial charge in [0.1, 0.15) is 0 Å². The molecule has 2 heterocycles. The molecule has 2 aromatic heterocycles. The first kappa shape index (κ1) is 34.3. The molecule has 0 N–H and O–H groups in total. The Kier molecular flexibility index (Phi) is 8.02. The number of aromatic nitrogens is 3. The van der Waals surface area contributed by atoms with Crippen LogP contribution in [0, 0.1) is 0 Å². The summed E-state index contributed by atoms with van der Waals surface area (Å²) in [6, 6.07) is 67.1. The van der Waals surface area contributed by atoms with Crippen LogP contribution < -0.4 is 0 Å². The summed E-state index contributed by atoms with van der Waals surface area (Å²) in [7, 11) is 0. The van der Waals surface area contributed by atoms with E-state index in [0.717, 1.165) is 38.9 Å². The van der Waals surface area contributed by atoms with Gasteiger partial charge in [-0.3, -0.25) is 0 Å². The molecular weight excluding hydrogens is 723 g/mol. The maximum atomic E-state index is 5.32. The molecule has 1 aliphatic carbocycles. The summed E-state index contributed by atoms with van der Waals surface area (Å²) in [6.45, 7) is 4.66. The third-order valence-electron chi connectivity index (χ3n) is 11.8. The fourth-order valence-electron chi connectivity index (χ4n) is 8.88. The Balaban J connectivity index is 1.05. The molecule has 0 unspecified atom stereocenters. The van der Waals surface area contributed by atoms with E-state index in [0.29, 0.717) is 17.5 Å². The van der Waals surface area contributed by atoms with Crippen LogP contribution in [-0.4, -0.2) is 15.0 Å². The fraction of sp³-hybridized carbons (Fsp3) is 0.0556. The summed E-state index contributed by atoms with van der Waals surface area (Å²) in [5, 5.41) is 2.46. The van der Waals surface area contributed by atoms with Crippen LogP contribution in [0.2, 0.25) is 0 Å². The molecule has 0 saturated heterocycles. The number of rotatable bonds is 6. The molecule has 11 rings (SSSR count). The van der Waals surface area contributed by atoms with Gasteiger partial charge in [0.2, 0.25) is 0 Å². The smallest absolute Gasteiger partial charge is 0.165 e. The van der Waals surface area contributed by atoms with Gasteiger partial charge in [-0.15, -0.1) is 11.3 Å². The Bertz CT molecular complexity index is 3200. The molecule has 0 aliphatic heterocycles. The Labute approximate surface area is 342 Å². The molecular formula is C54H37N3S. The van der Waals surface area contributed by atoms with Crippen molar-refractivity contribution in [1.82, 2.24) is 15.0 Å². The molecule has 3 nitrogen and oxygen atoms in total. The fourth-order valence-corrected chi connectivity index (χ4v) is 10.1. The highest BCUT2D eigenvalue weighted by atomic mass is 32.1. The van der Waals surface area contributed by atoms with Gasteiger partial charge >= 0.3 is 0 Å². The van der Waals surface area contributed by atoms with Crippen LogP contribution in [0.15, 0.2) is 188 Å². The van der Waals surface area contributed by atoms with Crippen molar-refractivity contribution in [3.8, 4) is 78.7 Å². The van der Waals surface area contributed by atoms with E-state index in [4.69, 9.17) is 15.0 Å². The van der Waals surface area contributed by atoms with Crippen LogP contribution in [0.3, 0.4) is 0 Å². The summed E-state index contributed by atoms with van der Waals surface area (Å²) in [6.07, 6.45) is 0. The average molecular weight is 760 g/mol. The SMILES string of the molecule is CC1(C)c2ccccc2-c2cc(-c3ccc(-c4ccccc4-c4nc(-c5ccccc5-c5ccccc5)nc(-c5cccc6c5sc5ccccc56)n4)cc3)ccc21. The topological polar surface area (TPSA) is 38.7 Å². The molecule has 0 fully saturated rings. The summed E-state index contributed by atoms with van der Waals surface area (Å²) >= 11 is 1.79. The number of thiophene rings is 1. The molecule has 0 bridgehead atoms. The van der Waals surface area contributed by atoms with Gasteiger partial charge in [0.05, 0.1) is 0 Å². The highest BCUT2D eigenvalue weighted by Gasteiger charge is 2.35. The summed E-state index contributed by atoms with van der Waals surface area (Å²) in [5.74, 6) is 1.94. The molecule has 8 aromatic carbocycles. The van der Waals surface area contributed by atoms with Gasteiger partial charge in [0.25, 0.3) is 0 Å². The van der Waals surface area contributed by atoms with Crippen LogP contribution in [0.4, 0.5) is 0 Å². The van der Waals surface area contributed by atoms with E-state index < -0.39 is 0 Å². The van der Waals surface area contributed by atoms with Gasteiger partial charge in [-0.05, 0) is 73.8 Å². The van der Waals surface area contributed by atoms with E-state index in [1.54, 1.807) is 11.3 Å². The minimum atomic E-state index is -0.0131. The second-order valence-electron chi connectivity index (χ2n) is 15.6. The molecule has 1 aliphatic rings. The zero-order chi connectivity index (χ0) is 38.8. The van der Waals surface area contributed by atoms with Gasteiger partial charge in [-0.25, -0.2) is 15.0 Å². The maximum Gasteiger partial charge on any atom is 0.165 e. The Morgan fingerprint density at radius 3 is 1.53 bits per heavy atom. The molecule has 0 saturated carbocycles. The first-order chi connectivity index (χ1) is 28.5. The number of nitrogens with zero attached hydrogens (tertiary/aromatic N) is 3. The highest BCUT2D eigenvalue weighted by Crippen LogP contribution is 2.49. The first-order valence-electron chi connectivity index (χ1n) is 19.8. The lowest BCUT2D eigenvalue weighted by Crippen LogP contribution is -2.14. The van der Waals surface area contributed by atoms with E-state index in [2.05, 4.69) is 196 Å². The van der Waals surface area contributed by atoms with Crippen molar-refractivity contribution in [2.24, 2.45) is 0 Å². The molecule has 0 spiro atoms. The van der Waals surface area contributed by atoms with Crippen LogP contribution in [0.25, 0.3) is 98.8 Å². The second-order valence-corrected chi connectivity index (χ2v) is 16.6. The van der Waals surface area contributed by atoms with Crippen LogP contribution in [0.1, 0.15) is 25.0 Å². The van der Waals surface area contributed by atoms with E-state index in [1.165, 1.54) is 53.6 Å². The molecule has 4 heteroatoms. The molecule has 0 amide bonds. The van der Waals surface area contributed by atoms with Crippen molar-refractivity contribution in [1.29, 1.82) is 0 Å². The highest BCUT2D eigenvalue weighted by molar-refractivity contribution is 7.26. The van der Waals surface area contributed by atoms with Crippen LogP contribution in [-0.2, 0) is 5.41 Å². The van der Waals surface area contributed by atoms with E-state index in [-0.39, 0.29) is 5.41 Å². The van der Waals surface area contributed by atoms with Crippen LogP contribution >= 0.6 is 11.3 Å². The molecule has 0 radical (unpaired) electrons. The van der Waals surface area contributed by atoms with Gasteiger partial charge in [-0.2, -0.15) is 0 Å². The number of fused-ring (bicyclic) bond motifs is 6. The van der Waals surface area contributed by atoms with Crippen molar-refractivity contribution in [3.05, 3.63) is 199 Å². The lowest BCUT2D eigenvalue weighted by atomic mass is 9.82. The monoisotopic (exact) mass is 759 g/mol. The minimum absolute atomic E-state index is 0.0131. The standard InChI is InChI=1S/C54H37N3S/c1-54(2)47-25-12-10-19-40(47)46-33-37(31-32-48(46)54)34-27-29-36(30-28-34)39-18-7-9-22-44(39)52-55-51(43-21-8-6-17-38(43)35-15-4-3-5-16-35)56-53(57-52)45-24-14-23-42-41-20-11-13-26-49(41)58-50(42)45/h3-33H,1-2H3. The Morgan fingerprint density at radius 1 is 0.345 bits per heavy atom. The zero-order valence-corrected chi connectivity index (χ0v) is 33.0. The third-order valence-corrected chi connectivity index (χ3v) is 13.0. The summed E-state index contributed by atoms with van der Waals surface area (Å²) in [5.41, 5.74) is 15.1. The van der Waals surface area contributed by atoms with Gasteiger partial charge < -0.3 is 0 Å². The first-order valence-corrected chi connectivity index (χ1v) is 20.6. The number of hydrogen-bond donors (Lipinski definition) is 0. The lowest BCUT2D eigenvalue weighted by Gasteiger charge is -2.21. The van der Waals surface area contributed by atoms with Crippen molar-refractivity contribution >= 4 is 31.5 Å². The molecule has 0 atom stereocenters. The maximum absolute atomic E-state index is 5.32. The van der Waals surface area contributed by atoms with E-state index >= 15 is 0 Å². The van der Waals surface area contributed by atoms with Crippen molar-refractivity contribution in [3.63, 3.8) is 0 Å². The largest absolute Gasteiger partial charge is 0.208 e. The lowest BCUT2D eigenvalue weighted by molar-refractivity contribution is 0.660. The Morgan fingerprint density at radius 2 is 0.828 bits per heavy atom. The molecule has 10 aromatic rings. The van der Waals surface area contributed by atoms with Crippen LogP contribution in [0.5, 0.6) is 0 Å². The quantitative estimate of drug-likeness (QED) is 0.169. The predicted molar refractivity (Wildman–Crippen MR) is 243 cm³/mol. The minimum Gasteiger partial charge on any atom is -0.208 e. The average Bonchev–Trinajstić information content (AvgIpc) is 3.78. The van der Waals surface area contributed by atoms with Gasteiger partial charge in [0.15, 0.2) is 17.5 Å². The zero-order valence-electron chi connectivity index (χ0n) is 32.1. The summed E-state index contributed by atoms with van der Waals surface area (Å²) < 4.78 is 2.42. The third kappa shape index (κ3) is 5.60. The number of hydrogen-bond acceptors (Lipinski definition) is 4. The van der Waals surface area contributed by atoms with Crippen molar-refractivity contribution in [2.75, 3.05) is 0 Å². The van der Waals surface area contributed by atoms with Gasteiger partial charge in [-0.1, -0.05) is 184 Å². The normalized spacial score (nSPS) is 12.8. The van der Waals surface area contributed by atoms with Crippen molar-refractivity contribution < 1.29 is 0 Å². The molecule has 274 valence electrons. The van der Waals surface area contributed by atoms with E-state index in [1.807, 2.05) is 6.07 Å². The van der Waals surface area contributed by atoms with E-state index in [9.17, 15) is 0 Å².